The molecular weight excluding hydrogens is 348 g/mol. The Morgan fingerprint density at radius 1 is 1.23 bits per heavy atom. The molecule has 1 amide bonds. The summed E-state index contributed by atoms with van der Waals surface area (Å²) in [4.78, 5) is 14.6. The topological polar surface area (TPSA) is 41.6 Å². The van der Waals surface area contributed by atoms with Crippen molar-refractivity contribution in [3.8, 4) is 5.75 Å². The highest BCUT2D eigenvalue weighted by Gasteiger charge is 2.17. The van der Waals surface area contributed by atoms with Gasteiger partial charge in [0, 0.05) is 25.3 Å². The Labute approximate surface area is 160 Å². The highest BCUT2D eigenvalue weighted by molar-refractivity contribution is 6.32. The van der Waals surface area contributed by atoms with E-state index in [0.29, 0.717) is 17.3 Å². The van der Waals surface area contributed by atoms with E-state index in [2.05, 4.69) is 34.5 Å². The smallest absolute Gasteiger partial charge is 0.260 e. The van der Waals surface area contributed by atoms with Crippen molar-refractivity contribution in [2.45, 2.75) is 32.3 Å². The van der Waals surface area contributed by atoms with Crippen LogP contribution in [0.15, 0.2) is 48.5 Å². The minimum Gasteiger partial charge on any atom is -0.479 e. The average molecular weight is 373 g/mol. The number of fused-ring (bicyclic) bond motifs is 1. The van der Waals surface area contributed by atoms with Crippen molar-refractivity contribution in [1.82, 2.24) is 5.32 Å². The van der Waals surface area contributed by atoms with Crippen LogP contribution in [0.1, 0.15) is 25.3 Å². The number of nitrogens with one attached hydrogen (secondary N) is 1. The normalized spacial score (nSPS) is 14.5. The van der Waals surface area contributed by atoms with Crippen LogP contribution in [0.25, 0.3) is 0 Å². The molecule has 1 aliphatic heterocycles. The minimum atomic E-state index is -0.578. The van der Waals surface area contributed by atoms with Gasteiger partial charge in [-0.15, -0.1) is 0 Å². The summed E-state index contributed by atoms with van der Waals surface area (Å²) in [5, 5.41) is 3.46. The van der Waals surface area contributed by atoms with E-state index in [-0.39, 0.29) is 5.91 Å². The van der Waals surface area contributed by atoms with Crippen molar-refractivity contribution in [1.29, 1.82) is 0 Å². The van der Waals surface area contributed by atoms with E-state index >= 15 is 0 Å². The van der Waals surface area contributed by atoms with Crippen LogP contribution < -0.4 is 15.0 Å². The van der Waals surface area contributed by atoms with Crippen molar-refractivity contribution in [2.75, 3.05) is 24.5 Å². The van der Waals surface area contributed by atoms with Gasteiger partial charge in [-0.05, 0) is 49.9 Å². The fourth-order valence-corrected chi connectivity index (χ4v) is 3.43. The van der Waals surface area contributed by atoms with Crippen LogP contribution in [0.3, 0.4) is 0 Å². The van der Waals surface area contributed by atoms with Gasteiger partial charge in [0.05, 0.1) is 5.02 Å². The first-order valence-corrected chi connectivity index (χ1v) is 9.54. The Kier molecular flexibility index (Phi) is 6.40. The molecule has 0 aliphatic carbocycles. The van der Waals surface area contributed by atoms with E-state index in [1.807, 2.05) is 12.1 Å². The van der Waals surface area contributed by atoms with Crippen molar-refractivity contribution in [3.63, 3.8) is 0 Å². The quantitative estimate of drug-likeness (QED) is 0.745. The number of ether oxygens (including phenoxy) is 1. The molecule has 0 unspecified atom stereocenters. The van der Waals surface area contributed by atoms with E-state index in [1.54, 1.807) is 19.1 Å². The average Bonchev–Trinajstić information content (AvgIpc) is 2.67. The molecule has 0 fully saturated rings. The van der Waals surface area contributed by atoms with Crippen LogP contribution in [-0.4, -0.2) is 31.6 Å². The molecule has 3 rings (SSSR count). The van der Waals surface area contributed by atoms with Crippen molar-refractivity contribution >= 4 is 23.2 Å². The summed E-state index contributed by atoms with van der Waals surface area (Å²) < 4.78 is 5.65. The Hall–Kier alpha value is -2.20. The number of aryl methyl sites for hydroxylation is 1. The zero-order valence-electron chi connectivity index (χ0n) is 15.1. The maximum absolute atomic E-state index is 12.2. The highest BCUT2D eigenvalue weighted by Crippen LogP contribution is 2.26. The van der Waals surface area contributed by atoms with Crippen LogP contribution in [0, 0.1) is 0 Å². The molecule has 26 heavy (non-hydrogen) atoms. The lowest BCUT2D eigenvalue weighted by atomic mass is 10.0. The summed E-state index contributed by atoms with van der Waals surface area (Å²) in [7, 11) is 0. The monoisotopic (exact) mass is 372 g/mol. The van der Waals surface area contributed by atoms with Crippen LogP contribution in [0.5, 0.6) is 5.75 Å². The number of benzene rings is 2. The molecule has 1 N–H and O–H groups in total. The highest BCUT2D eigenvalue weighted by atomic mass is 35.5. The van der Waals surface area contributed by atoms with Crippen molar-refractivity contribution < 1.29 is 9.53 Å². The Morgan fingerprint density at radius 3 is 2.85 bits per heavy atom. The molecule has 2 aromatic carbocycles. The first-order valence-electron chi connectivity index (χ1n) is 9.17. The minimum absolute atomic E-state index is 0.121. The lowest BCUT2D eigenvalue weighted by Gasteiger charge is -2.31. The molecule has 138 valence electrons. The number of rotatable bonds is 7. The number of amides is 1. The van der Waals surface area contributed by atoms with Gasteiger partial charge in [0.25, 0.3) is 5.91 Å². The maximum atomic E-state index is 12.2. The van der Waals surface area contributed by atoms with Gasteiger partial charge < -0.3 is 15.0 Å². The van der Waals surface area contributed by atoms with Gasteiger partial charge in [-0.1, -0.05) is 41.9 Å². The van der Waals surface area contributed by atoms with Crippen molar-refractivity contribution in [2.24, 2.45) is 0 Å². The number of halogens is 1. The summed E-state index contributed by atoms with van der Waals surface area (Å²) in [5.74, 6) is 0.408. The number of carbonyl (C=O) groups is 1. The summed E-state index contributed by atoms with van der Waals surface area (Å²) >= 11 is 6.06. The predicted molar refractivity (Wildman–Crippen MR) is 106 cm³/mol. The van der Waals surface area contributed by atoms with Crippen LogP contribution in [0.4, 0.5) is 5.69 Å². The van der Waals surface area contributed by atoms with Crippen LogP contribution >= 0.6 is 11.6 Å². The number of hydrogen-bond acceptors (Lipinski definition) is 3. The van der Waals surface area contributed by atoms with Gasteiger partial charge in [0.15, 0.2) is 6.10 Å². The predicted octanol–water partition coefficient (Wildman–Crippen LogP) is 4.07. The lowest BCUT2D eigenvalue weighted by molar-refractivity contribution is -0.127. The zero-order valence-corrected chi connectivity index (χ0v) is 15.8. The third-order valence-corrected chi connectivity index (χ3v) is 4.93. The van der Waals surface area contributed by atoms with Crippen molar-refractivity contribution in [3.05, 3.63) is 59.1 Å². The van der Waals surface area contributed by atoms with E-state index < -0.39 is 6.10 Å². The standard InChI is InChI=1S/C21H25ClN2O2/c1-16(26-20-12-5-3-10-18(20)22)21(25)23-13-7-15-24-14-6-9-17-8-2-4-11-19(17)24/h2-5,8,10-12,16H,6-7,9,13-15H2,1H3,(H,23,25)/t16-/m0/s1. The molecular formula is C21H25ClN2O2. The lowest BCUT2D eigenvalue weighted by Crippen LogP contribution is -2.38. The molecule has 0 bridgehead atoms. The Balaban J connectivity index is 1.42. The molecule has 4 nitrogen and oxygen atoms in total. The summed E-state index contributed by atoms with van der Waals surface area (Å²) in [6.07, 6.45) is 2.66. The first kappa shape index (κ1) is 18.6. The second-order valence-corrected chi connectivity index (χ2v) is 6.96. The van der Waals surface area contributed by atoms with Crippen LogP contribution in [-0.2, 0) is 11.2 Å². The second kappa shape index (κ2) is 8.95. The molecule has 1 aliphatic rings. The number of hydrogen-bond donors (Lipinski definition) is 1. The van der Waals surface area contributed by atoms with E-state index in [0.717, 1.165) is 25.9 Å². The third-order valence-electron chi connectivity index (χ3n) is 4.62. The molecule has 0 saturated heterocycles. The molecule has 0 aromatic heterocycles. The largest absolute Gasteiger partial charge is 0.479 e. The SMILES string of the molecule is C[C@H](Oc1ccccc1Cl)C(=O)NCCCN1CCCc2ccccc21. The maximum Gasteiger partial charge on any atom is 0.260 e. The Bertz CT molecular complexity index is 750. The van der Waals surface area contributed by atoms with Gasteiger partial charge in [0.2, 0.25) is 0 Å². The summed E-state index contributed by atoms with van der Waals surface area (Å²) in [6, 6.07) is 15.8. The van der Waals surface area contributed by atoms with Gasteiger partial charge >= 0.3 is 0 Å². The molecule has 2 aromatic rings. The van der Waals surface area contributed by atoms with Gasteiger partial charge in [0.1, 0.15) is 5.75 Å². The number of nitrogens with zero attached hydrogens (tertiary/aromatic N) is 1. The number of para-hydroxylation sites is 2. The fourth-order valence-electron chi connectivity index (χ4n) is 3.25. The fraction of sp³-hybridized carbons (Fsp3) is 0.381. The molecule has 0 saturated carbocycles. The van der Waals surface area contributed by atoms with Crippen LogP contribution in [0.2, 0.25) is 5.02 Å². The molecule has 0 radical (unpaired) electrons. The summed E-state index contributed by atoms with van der Waals surface area (Å²) in [6.45, 7) is 4.39. The Morgan fingerprint density at radius 2 is 2.00 bits per heavy atom. The van der Waals surface area contributed by atoms with Gasteiger partial charge in [-0.25, -0.2) is 0 Å². The first-order chi connectivity index (χ1) is 12.6. The van der Waals surface area contributed by atoms with E-state index in [4.69, 9.17) is 16.3 Å². The molecule has 1 atom stereocenters. The van der Waals surface area contributed by atoms with E-state index in [1.165, 1.54) is 17.7 Å². The number of anilines is 1. The molecule has 0 spiro atoms. The molecule has 1 heterocycles. The third kappa shape index (κ3) is 4.70. The summed E-state index contributed by atoms with van der Waals surface area (Å²) in [5.41, 5.74) is 2.75. The second-order valence-electron chi connectivity index (χ2n) is 6.55. The van der Waals surface area contributed by atoms with Gasteiger partial charge in [-0.2, -0.15) is 0 Å². The number of carbonyl (C=O) groups excluding carboxylic acids is 1. The van der Waals surface area contributed by atoms with E-state index in [9.17, 15) is 4.79 Å². The van der Waals surface area contributed by atoms with Gasteiger partial charge in [-0.3, -0.25) is 4.79 Å². The zero-order chi connectivity index (χ0) is 18.4. The molecule has 5 heteroatoms.